The highest BCUT2D eigenvalue weighted by Gasteiger charge is 2.33. The van der Waals surface area contributed by atoms with E-state index in [1.165, 1.54) is 12.1 Å². The molecule has 0 saturated heterocycles. The van der Waals surface area contributed by atoms with Crippen LogP contribution in [0.2, 0.25) is 5.02 Å². The van der Waals surface area contributed by atoms with Crippen LogP contribution in [0, 0.1) is 0 Å². The van der Waals surface area contributed by atoms with E-state index in [2.05, 4.69) is 5.32 Å². The van der Waals surface area contributed by atoms with Gasteiger partial charge in [0.25, 0.3) is 0 Å². The minimum absolute atomic E-state index is 0.253. The summed E-state index contributed by atoms with van der Waals surface area (Å²) < 4.78 is 38.8. The number of thioether (sulfide) groups is 1. The largest absolute Gasteiger partial charge is 0.417 e. The maximum Gasteiger partial charge on any atom is 0.417 e. The zero-order chi connectivity index (χ0) is 17.7. The van der Waals surface area contributed by atoms with Gasteiger partial charge in [0, 0.05) is 10.6 Å². The van der Waals surface area contributed by atoms with Crippen LogP contribution in [-0.2, 0) is 11.0 Å². The summed E-state index contributed by atoms with van der Waals surface area (Å²) in [6.07, 6.45) is -4.05. The van der Waals surface area contributed by atoms with Crippen molar-refractivity contribution in [3.8, 4) is 0 Å². The highest BCUT2D eigenvalue weighted by molar-refractivity contribution is 8.00. The summed E-state index contributed by atoms with van der Waals surface area (Å²) in [5.41, 5.74) is -0.249. The van der Waals surface area contributed by atoms with Crippen molar-refractivity contribution in [2.75, 3.05) is 5.32 Å². The Labute approximate surface area is 147 Å². The number of rotatable bonds is 5. The quantitative estimate of drug-likeness (QED) is 0.664. The summed E-state index contributed by atoms with van der Waals surface area (Å²) >= 11 is 6.70. The number of nitrogens with one attached hydrogen (secondary N) is 1. The number of anilines is 1. The van der Waals surface area contributed by atoms with Gasteiger partial charge >= 0.3 is 6.18 Å². The third-order valence-corrected chi connectivity index (χ3v) is 4.91. The lowest BCUT2D eigenvalue weighted by Gasteiger charge is -2.16. The van der Waals surface area contributed by atoms with Gasteiger partial charge in [-0.1, -0.05) is 36.7 Å². The lowest BCUT2D eigenvalue weighted by atomic mass is 10.2. The monoisotopic (exact) mass is 373 g/mol. The lowest BCUT2D eigenvalue weighted by Crippen LogP contribution is -2.24. The summed E-state index contributed by atoms with van der Waals surface area (Å²) in [5, 5.41) is 1.90. The summed E-state index contributed by atoms with van der Waals surface area (Å²) in [6, 6.07) is 12.6. The first-order chi connectivity index (χ1) is 11.3. The van der Waals surface area contributed by atoms with Gasteiger partial charge in [-0.2, -0.15) is 13.2 Å². The third-order valence-electron chi connectivity index (χ3n) is 3.23. The highest BCUT2D eigenvalue weighted by Crippen LogP contribution is 2.38. The molecule has 0 radical (unpaired) electrons. The second-order valence-corrected chi connectivity index (χ2v) is 6.69. The summed E-state index contributed by atoms with van der Waals surface area (Å²) in [6.45, 7) is 1.81. The van der Waals surface area contributed by atoms with Gasteiger partial charge in [0.2, 0.25) is 5.91 Å². The molecule has 128 valence electrons. The molecule has 0 heterocycles. The topological polar surface area (TPSA) is 29.1 Å². The van der Waals surface area contributed by atoms with Crippen molar-refractivity contribution in [2.45, 2.75) is 29.7 Å². The highest BCUT2D eigenvalue weighted by atomic mass is 35.5. The molecule has 2 aromatic carbocycles. The van der Waals surface area contributed by atoms with Crippen molar-refractivity contribution < 1.29 is 18.0 Å². The molecular formula is C17H15ClF3NOS. The molecule has 0 aromatic heterocycles. The smallest absolute Gasteiger partial charge is 0.325 e. The first-order valence-electron chi connectivity index (χ1n) is 7.20. The second kappa shape index (κ2) is 7.94. The Balaban J connectivity index is 2.14. The number of hydrogen-bond donors (Lipinski definition) is 1. The first kappa shape index (κ1) is 18.7. The van der Waals surface area contributed by atoms with Crippen LogP contribution in [0.15, 0.2) is 53.4 Å². The number of para-hydroxylation sites is 1. The van der Waals surface area contributed by atoms with Crippen molar-refractivity contribution in [1.29, 1.82) is 0 Å². The molecule has 0 saturated carbocycles. The van der Waals surface area contributed by atoms with Gasteiger partial charge in [0.05, 0.1) is 15.8 Å². The Morgan fingerprint density at radius 2 is 1.88 bits per heavy atom. The van der Waals surface area contributed by atoms with E-state index in [-0.39, 0.29) is 10.9 Å². The van der Waals surface area contributed by atoms with Crippen LogP contribution in [0.5, 0.6) is 0 Å². The van der Waals surface area contributed by atoms with Crippen LogP contribution in [0.4, 0.5) is 18.9 Å². The molecule has 24 heavy (non-hydrogen) atoms. The molecule has 1 atom stereocenters. The van der Waals surface area contributed by atoms with Gasteiger partial charge in [-0.3, -0.25) is 4.79 Å². The average Bonchev–Trinajstić information content (AvgIpc) is 2.53. The van der Waals surface area contributed by atoms with Gasteiger partial charge in [-0.05, 0) is 36.8 Å². The fourth-order valence-electron chi connectivity index (χ4n) is 2.03. The average molecular weight is 374 g/mol. The molecule has 1 N–H and O–H groups in total. The molecule has 0 aliphatic carbocycles. The van der Waals surface area contributed by atoms with Crippen LogP contribution in [-0.4, -0.2) is 11.2 Å². The molecule has 2 aromatic rings. The van der Waals surface area contributed by atoms with Crippen LogP contribution in [0.25, 0.3) is 0 Å². The summed E-state index contributed by atoms with van der Waals surface area (Å²) in [4.78, 5) is 12.7. The number of hydrogen-bond acceptors (Lipinski definition) is 2. The molecule has 2 nitrogen and oxygen atoms in total. The summed E-state index contributed by atoms with van der Waals surface area (Å²) in [5.74, 6) is -0.253. The Bertz CT molecular complexity index is 707. The van der Waals surface area contributed by atoms with Crippen molar-refractivity contribution in [2.24, 2.45) is 0 Å². The number of carbonyl (C=O) groups is 1. The van der Waals surface area contributed by atoms with Crippen molar-refractivity contribution >= 4 is 35.0 Å². The minimum Gasteiger partial charge on any atom is -0.325 e. The number of carbonyl (C=O) groups excluding carboxylic acids is 1. The van der Waals surface area contributed by atoms with Crippen molar-refractivity contribution in [1.82, 2.24) is 0 Å². The van der Waals surface area contributed by atoms with E-state index in [0.29, 0.717) is 17.0 Å². The van der Waals surface area contributed by atoms with E-state index in [0.717, 1.165) is 17.8 Å². The van der Waals surface area contributed by atoms with E-state index >= 15 is 0 Å². The molecule has 1 unspecified atom stereocenters. The van der Waals surface area contributed by atoms with Crippen LogP contribution in [0.3, 0.4) is 0 Å². The van der Waals surface area contributed by atoms with Gasteiger partial charge in [-0.15, -0.1) is 11.8 Å². The summed E-state index contributed by atoms with van der Waals surface area (Å²) in [7, 11) is 0. The second-order valence-electron chi connectivity index (χ2n) is 5.01. The SMILES string of the molecule is CCC(Sc1ccc(Cl)c(C(F)(F)F)c1)C(=O)Nc1ccccc1. The number of amides is 1. The van der Waals surface area contributed by atoms with Crippen molar-refractivity contribution in [3.05, 3.63) is 59.1 Å². The van der Waals surface area contributed by atoms with E-state index in [4.69, 9.17) is 11.6 Å². The normalized spacial score (nSPS) is 12.7. The Hall–Kier alpha value is -1.66. The molecule has 2 rings (SSSR count). The van der Waals surface area contributed by atoms with Crippen molar-refractivity contribution in [3.63, 3.8) is 0 Å². The fourth-order valence-corrected chi connectivity index (χ4v) is 3.24. The molecule has 0 fully saturated rings. The molecule has 0 spiro atoms. The lowest BCUT2D eigenvalue weighted by molar-refractivity contribution is -0.137. The maximum absolute atomic E-state index is 12.9. The predicted octanol–water partition coefficient (Wildman–Crippen LogP) is 5.87. The predicted molar refractivity (Wildman–Crippen MR) is 91.5 cm³/mol. The Kier molecular flexibility index (Phi) is 6.18. The molecule has 0 aliphatic rings. The van der Waals surface area contributed by atoms with Gasteiger partial charge in [0.15, 0.2) is 0 Å². The van der Waals surface area contributed by atoms with E-state index in [1.54, 1.807) is 24.3 Å². The fraction of sp³-hybridized carbons (Fsp3) is 0.235. The Morgan fingerprint density at radius 3 is 2.46 bits per heavy atom. The van der Waals surface area contributed by atoms with E-state index in [1.807, 2.05) is 13.0 Å². The van der Waals surface area contributed by atoms with Crippen LogP contribution in [0.1, 0.15) is 18.9 Å². The molecule has 0 aliphatic heterocycles. The molecule has 7 heteroatoms. The molecular weight excluding hydrogens is 359 g/mol. The first-order valence-corrected chi connectivity index (χ1v) is 8.46. The maximum atomic E-state index is 12.9. The number of alkyl halides is 3. The van der Waals surface area contributed by atoms with E-state index in [9.17, 15) is 18.0 Å². The van der Waals surface area contributed by atoms with E-state index < -0.39 is 17.0 Å². The Morgan fingerprint density at radius 1 is 1.21 bits per heavy atom. The van der Waals surface area contributed by atoms with Gasteiger partial charge in [0.1, 0.15) is 0 Å². The van der Waals surface area contributed by atoms with Crippen LogP contribution >= 0.6 is 23.4 Å². The van der Waals surface area contributed by atoms with Gasteiger partial charge in [-0.25, -0.2) is 0 Å². The standard InChI is InChI=1S/C17H15ClF3NOS/c1-2-15(16(23)22-11-6-4-3-5-7-11)24-12-8-9-14(18)13(10-12)17(19,20)21/h3-10,15H,2H2,1H3,(H,22,23). The zero-order valence-electron chi connectivity index (χ0n) is 12.7. The minimum atomic E-state index is -4.53. The third kappa shape index (κ3) is 4.92. The zero-order valence-corrected chi connectivity index (χ0v) is 14.3. The number of benzene rings is 2. The molecule has 0 bridgehead atoms. The number of halogens is 4. The van der Waals surface area contributed by atoms with Crippen LogP contribution < -0.4 is 5.32 Å². The molecule has 1 amide bonds. The van der Waals surface area contributed by atoms with Gasteiger partial charge < -0.3 is 5.32 Å².